The average molecular weight is 282 g/mol. The molecule has 7 heteroatoms. The number of benzene rings is 1. The summed E-state index contributed by atoms with van der Waals surface area (Å²) in [6.45, 7) is 3.77. The van der Waals surface area contributed by atoms with E-state index < -0.39 is 16.9 Å². The average Bonchev–Trinajstić information content (AvgIpc) is 2.36. The fourth-order valence-corrected chi connectivity index (χ4v) is 1.87. The molecule has 1 aromatic rings. The molecule has 0 aliphatic carbocycles. The second kappa shape index (κ2) is 6.74. The van der Waals surface area contributed by atoms with Gasteiger partial charge >= 0.3 is 11.7 Å². The van der Waals surface area contributed by atoms with E-state index in [0.29, 0.717) is 6.42 Å². The highest BCUT2D eigenvalue weighted by Crippen LogP contribution is 2.35. The van der Waals surface area contributed by atoms with Gasteiger partial charge in [-0.15, -0.1) is 0 Å². The Bertz CT molecular complexity index is 502. The van der Waals surface area contributed by atoms with Crippen LogP contribution in [0.3, 0.4) is 0 Å². The Kier molecular flexibility index (Phi) is 5.31. The monoisotopic (exact) mass is 282 g/mol. The number of ether oxygens (including phenoxy) is 1. The quantitative estimate of drug-likeness (QED) is 0.588. The molecular formula is C13H18N2O5. The van der Waals surface area contributed by atoms with Crippen molar-refractivity contribution < 1.29 is 19.6 Å². The van der Waals surface area contributed by atoms with E-state index in [9.17, 15) is 20.0 Å². The number of nitro groups is 1. The van der Waals surface area contributed by atoms with Crippen molar-refractivity contribution in [2.45, 2.75) is 26.3 Å². The number of nitrogens with one attached hydrogen (secondary N) is 1. The molecule has 1 atom stereocenters. The van der Waals surface area contributed by atoms with Crippen molar-refractivity contribution in [3.8, 4) is 5.75 Å². The summed E-state index contributed by atoms with van der Waals surface area (Å²) in [5.74, 6) is -0.808. The maximum Gasteiger partial charge on any atom is 0.333 e. The zero-order chi connectivity index (χ0) is 15.3. The van der Waals surface area contributed by atoms with Gasteiger partial charge in [-0.25, -0.2) is 4.79 Å². The summed E-state index contributed by atoms with van der Waals surface area (Å²) in [7, 11) is 1.33. The second-order valence-corrected chi connectivity index (χ2v) is 4.78. The van der Waals surface area contributed by atoms with E-state index in [-0.39, 0.29) is 23.0 Å². The molecule has 0 bridgehead atoms. The topological polar surface area (TPSA) is 102 Å². The van der Waals surface area contributed by atoms with Crippen LogP contribution in [-0.2, 0) is 4.79 Å². The number of carboxylic acid groups (broad SMARTS) is 1. The van der Waals surface area contributed by atoms with Gasteiger partial charge in [0.2, 0.25) is 0 Å². The van der Waals surface area contributed by atoms with Gasteiger partial charge in [0, 0.05) is 0 Å². The number of methoxy groups -OCH3 is 1. The van der Waals surface area contributed by atoms with E-state index in [1.54, 1.807) is 6.07 Å². The molecule has 0 spiro atoms. The van der Waals surface area contributed by atoms with E-state index >= 15 is 0 Å². The van der Waals surface area contributed by atoms with E-state index in [0.717, 1.165) is 0 Å². The molecule has 1 rings (SSSR count). The van der Waals surface area contributed by atoms with Crippen molar-refractivity contribution in [1.82, 2.24) is 0 Å². The number of nitro benzene ring substituents is 1. The van der Waals surface area contributed by atoms with Crippen LogP contribution in [-0.4, -0.2) is 29.2 Å². The fourth-order valence-electron chi connectivity index (χ4n) is 1.87. The van der Waals surface area contributed by atoms with Crippen LogP contribution in [0.5, 0.6) is 5.75 Å². The zero-order valence-electron chi connectivity index (χ0n) is 11.6. The lowest BCUT2D eigenvalue weighted by Gasteiger charge is -2.18. The number of hydrogen-bond acceptors (Lipinski definition) is 5. The summed E-state index contributed by atoms with van der Waals surface area (Å²) in [5.41, 5.74) is -0.118. The van der Waals surface area contributed by atoms with Crippen LogP contribution in [0, 0.1) is 16.0 Å². The molecule has 0 fully saturated rings. The summed E-state index contributed by atoms with van der Waals surface area (Å²) >= 11 is 0. The first-order chi connectivity index (χ1) is 9.36. The number of nitrogens with zero attached hydrogens (tertiary/aromatic N) is 1. The molecule has 2 N–H and O–H groups in total. The minimum Gasteiger partial charge on any atom is -0.490 e. The Morgan fingerprint density at radius 2 is 2.15 bits per heavy atom. The third-order valence-electron chi connectivity index (χ3n) is 2.74. The number of para-hydroxylation sites is 1. The molecule has 0 saturated carbocycles. The minimum absolute atomic E-state index is 0.0914. The Balaban J connectivity index is 3.12. The van der Waals surface area contributed by atoms with Crippen LogP contribution in [0.4, 0.5) is 11.4 Å². The Hall–Kier alpha value is -2.31. The minimum atomic E-state index is -1.05. The van der Waals surface area contributed by atoms with Gasteiger partial charge in [-0.1, -0.05) is 19.9 Å². The summed E-state index contributed by atoms with van der Waals surface area (Å²) in [6, 6.07) is 3.61. The molecule has 1 unspecified atom stereocenters. The van der Waals surface area contributed by atoms with Crippen molar-refractivity contribution in [1.29, 1.82) is 0 Å². The molecule has 1 aromatic carbocycles. The number of anilines is 1. The van der Waals surface area contributed by atoms with E-state index in [4.69, 9.17) is 4.74 Å². The number of carboxylic acids is 1. The predicted octanol–water partition coefficient (Wildman–Crippen LogP) is 2.51. The van der Waals surface area contributed by atoms with Crippen LogP contribution < -0.4 is 10.1 Å². The highest BCUT2D eigenvalue weighted by atomic mass is 16.6. The summed E-state index contributed by atoms with van der Waals surface area (Å²) in [6.07, 6.45) is 0.365. The summed E-state index contributed by atoms with van der Waals surface area (Å²) in [4.78, 5) is 21.7. The lowest BCUT2D eigenvalue weighted by atomic mass is 10.0. The number of carbonyl (C=O) groups is 1. The molecule has 20 heavy (non-hydrogen) atoms. The van der Waals surface area contributed by atoms with E-state index in [1.165, 1.54) is 19.2 Å². The van der Waals surface area contributed by atoms with Crippen molar-refractivity contribution in [2.75, 3.05) is 12.4 Å². The zero-order valence-corrected chi connectivity index (χ0v) is 11.6. The maximum absolute atomic E-state index is 11.2. The Morgan fingerprint density at radius 3 is 2.60 bits per heavy atom. The highest BCUT2D eigenvalue weighted by molar-refractivity contribution is 5.80. The van der Waals surface area contributed by atoms with Crippen LogP contribution in [0.15, 0.2) is 18.2 Å². The number of aliphatic carboxylic acids is 1. The number of hydrogen-bond donors (Lipinski definition) is 2. The van der Waals surface area contributed by atoms with Crippen molar-refractivity contribution in [2.24, 2.45) is 5.92 Å². The van der Waals surface area contributed by atoms with Gasteiger partial charge in [0.15, 0.2) is 5.75 Å². The third-order valence-corrected chi connectivity index (χ3v) is 2.74. The predicted molar refractivity (Wildman–Crippen MR) is 74.1 cm³/mol. The Labute approximate surface area is 116 Å². The summed E-state index contributed by atoms with van der Waals surface area (Å²) in [5, 5.41) is 23.0. The van der Waals surface area contributed by atoms with Crippen LogP contribution in [0.1, 0.15) is 20.3 Å². The molecule has 7 nitrogen and oxygen atoms in total. The number of rotatable bonds is 7. The van der Waals surface area contributed by atoms with Crippen molar-refractivity contribution >= 4 is 17.3 Å². The van der Waals surface area contributed by atoms with Gasteiger partial charge in [-0.05, 0) is 24.5 Å². The first-order valence-corrected chi connectivity index (χ1v) is 6.17. The first kappa shape index (κ1) is 15.7. The van der Waals surface area contributed by atoms with Crippen molar-refractivity contribution in [3.05, 3.63) is 28.3 Å². The Morgan fingerprint density at radius 1 is 1.50 bits per heavy atom. The molecule has 110 valence electrons. The molecule has 0 amide bonds. The van der Waals surface area contributed by atoms with E-state index in [2.05, 4.69) is 5.32 Å². The second-order valence-electron chi connectivity index (χ2n) is 4.78. The molecule has 0 saturated heterocycles. The molecule has 0 aromatic heterocycles. The van der Waals surface area contributed by atoms with E-state index in [1.807, 2.05) is 13.8 Å². The standard InChI is InChI=1S/C13H18N2O5/c1-8(2)7-10(13(16)17)14-9-5-4-6-11(20-3)12(9)15(18)19/h4-6,8,10,14H,7H2,1-3H3,(H,16,17). The lowest BCUT2D eigenvalue weighted by Crippen LogP contribution is -2.31. The largest absolute Gasteiger partial charge is 0.490 e. The van der Waals surface area contributed by atoms with Gasteiger partial charge in [0.1, 0.15) is 11.7 Å². The lowest BCUT2D eigenvalue weighted by molar-refractivity contribution is -0.384. The smallest absolute Gasteiger partial charge is 0.333 e. The third kappa shape index (κ3) is 3.84. The fraction of sp³-hybridized carbons (Fsp3) is 0.462. The molecular weight excluding hydrogens is 264 g/mol. The van der Waals surface area contributed by atoms with Gasteiger partial charge in [0.25, 0.3) is 0 Å². The molecule has 0 radical (unpaired) electrons. The highest BCUT2D eigenvalue weighted by Gasteiger charge is 2.25. The maximum atomic E-state index is 11.2. The molecule has 0 aliphatic rings. The van der Waals surface area contributed by atoms with Crippen LogP contribution in [0.2, 0.25) is 0 Å². The van der Waals surface area contributed by atoms with Gasteiger partial charge in [-0.3, -0.25) is 10.1 Å². The van der Waals surface area contributed by atoms with Gasteiger partial charge in [0.05, 0.1) is 12.0 Å². The van der Waals surface area contributed by atoms with Crippen LogP contribution >= 0.6 is 0 Å². The van der Waals surface area contributed by atoms with Crippen molar-refractivity contribution in [3.63, 3.8) is 0 Å². The van der Waals surface area contributed by atoms with Gasteiger partial charge in [-0.2, -0.15) is 0 Å². The summed E-state index contributed by atoms with van der Waals surface area (Å²) < 4.78 is 4.94. The molecule has 0 aliphatic heterocycles. The normalized spacial score (nSPS) is 12.0. The van der Waals surface area contributed by atoms with Gasteiger partial charge < -0.3 is 15.2 Å². The van der Waals surface area contributed by atoms with Crippen LogP contribution in [0.25, 0.3) is 0 Å². The SMILES string of the molecule is COc1cccc(NC(CC(C)C)C(=O)O)c1[N+](=O)[O-]. The first-order valence-electron chi connectivity index (χ1n) is 6.17. The molecule has 0 heterocycles.